The van der Waals surface area contributed by atoms with Crippen molar-refractivity contribution in [2.75, 3.05) is 34.5 Å². The minimum atomic E-state index is 0.301. The smallest absolute Gasteiger partial charge is 0.191 e. The van der Waals surface area contributed by atoms with Gasteiger partial charge in [-0.3, -0.25) is 4.99 Å². The van der Waals surface area contributed by atoms with Gasteiger partial charge in [0.25, 0.3) is 0 Å². The van der Waals surface area contributed by atoms with Gasteiger partial charge in [0.1, 0.15) is 0 Å². The van der Waals surface area contributed by atoms with Gasteiger partial charge in [0.05, 0.1) is 26.9 Å². The Labute approximate surface area is 184 Å². The van der Waals surface area contributed by atoms with Crippen molar-refractivity contribution >= 4 is 5.96 Å². The number of nitrogens with zero attached hydrogens (tertiary/aromatic N) is 1. The Morgan fingerprint density at radius 2 is 1.61 bits per heavy atom. The number of guanidine groups is 1. The SMILES string of the molecule is CN=C(NCc1cccc(COC2CCOCC2)c1)NCc1ccc(OC)c(OC)c1. The van der Waals surface area contributed by atoms with Crippen LogP contribution in [0.3, 0.4) is 0 Å². The van der Waals surface area contributed by atoms with Gasteiger partial charge in [-0.2, -0.15) is 0 Å². The lowest BCUT2D eigenvalue weighted by molar-refractivity contribution is -0.0390. The van der Waals surface area contributed by atoms with Gasteiger partial charge in [-0.05, 0) is 41.7 Å². The number of ether oxygens (including phenoxy) is 4. The maximum atomic E-state index is 6.04. The second-order valence-corrected chi connectivity index (χ2v) is 7.41. The summed E-state index contributed by atoms with van der Waals surface area (Å²) in [6, 6.07) is 14.3. The van der Waals surface area contributed by atoms with Gasteiger partial charge in [-0.25, -0.2) is 0 Å². The van der Waals surface area contributed by atoms with Gasteiger partial charge in [-0.15, -0.1) is 0 Å². The summed E-state index contributed by atoms with van der Waals surface area (Å²) >= 11 is 0. The van der Waals surface area contributed by atoms with Crippen LogP contribution in [-0.4, -0.2) is 46.5 Å². The predicted octanol–water partition coefficient (Wildman–Crippen LogP) is 3.26. The van der Waals surface area contributed by atoms with E-state index in [1.54, 1.807) is 21.3 Å². The first-order valence-corrected chi connectivity index (χ1v) is 10.6. The average Bonchev–Trinajstić information content (AvgIpc) is 2.83. The summed E-state index contributed by atoms with van der Waals surface area (Å²) in [4.78, 5) is 4.32. The standard InChI is InChI=1S/C24H33N3O4/c1-25-24(27-16-19-7-8-22(28-2)23(14-19)29-3)26-15-18-5-4-6-20(13-18)17-31-21-9-11-30-12-10-21/h4-8,13-14,21H,9-12,15-17H2,1-3H3,(H2,25,26,27). The van der Waals surface area contributed by atoms with Crippen molar-refractivity contribution in [1.29, 1.82) is 0 Å². The Balaban J connectivity index is 1.48. The van der Waals surface area contributed by atoms with Crippen LogP contribution in [0, 0.1) is 0 Å². The van der Waals surface area contributed by atoms with E-state index in [1.165, 1.54) is 11.1 Å². The third kappa shape index (κ3) is 7.15. The highest BCUT2D eigenvalue weighted by Gasteiger charge is 2.14. The van der Waals surface area contributed by atoms with Crippen LogP contribution < -0.4 is 20.1 Å². The molecular weight excluding hydrogens is 394 g/mol. The molecule has 7 heteroatoms. The van der Waals surface area contributed by atoms with Crippen molar-refractivity contribution in [3.8, 4) is 11.5 Å². The zero-order chi connectivity index (χ0) is 21.9. The lowest BCUT2D eigenvalue weighted by Crippen LogP contribution is -2.36. The molecule has 1 saturated heterocycles. The monoisotopic (exact) mass is 427 g/mol. The number of rotatable bonds is 9. The van der Waals surface area contributed by atoms with Gasteiger partial charge in [-0.1, -0.05) is 30.3 Å². The molecule has 2 N–H and O–H groups in total. The van der Waals surface area contributed by atoms with Crippen molar-refractivity contribution in [2.24, 2.45) is 4.99 Å². The van der Waals surface area contributed by atoms with Gasteiger partial charge in [0, 0.05) is 33.4 Å². The third-order valence-corrected chi connectivity index (χ3v) is 5.24. The van der Waals surface area contributed by atoms with E-state index >= 15 is 0 Å². The molecule has 1 aliphatic heterocycles. The van der Waals surface area contributed by atoms with E-state index in [4.69, 9.17) is 18.9 Å². The Hall–Kier alpha value is -2.77. The van der Waals surface area contributed by atoms with Crippen molar-refractivity contribution < 1.29 is 18.9 Å². The summed E-state index contributed by atoms with van der Waals surface area (Å²) in [6.45, 7) is 3.52. The predicted molar refractivity (Wildman–Crippen MR) is 122 cm³/mol. The highest BCUT2D eigenvalue weighted by atomic mass is 16.5. The van der Waals surface area contributed by atoms with Crippen LogP contribution in [0.5, 0.6) is 11.5 Å². The van der Waals surface area contributed by atoms with Crippen LogP contribution >= 0.6 is 0 Å². The molecule has 2 aromatic rings. The minimum Gasteiger partial charge on any atom is -0.493 e. The largest absolute Gasteiger partial charge is 0.493 e. The highest BCUT2D eigenvalue weighted by molar-refractivity contribution is 5.79. The molecule has 3 rings (SSSR count). The maximum Gasteiger partial charge on any atom is 0.191 e. The van der Waals surface area contributed by atoms with Gasteiger partial charge >= 0.3 is 0 Å². The lowest BCUT2D eigenvalue weighted by atomic mass is 10.1. The number of hydrogen-bond donors (Lipinski definition) is 2. The number of aliphatic imine (C=N–C) groups is 1. The summed E-state index contributed by atoms with van der Waals surface area (Å²) in [5.74, 6) is 2.16. The van der Waals surface area contributed by atoms with E-state index in [2.05, 4.69) is 39.9 Å². The van der Waals surface area contributed by atoms with Crippen LogP contribution in [0.2, 0.25) is 0 Å². The first-order chi connectivity index (χ1) is 15.2. The Morgan fingerprint density at radius 1 is 0.935 bits per heavy atom. The fraction of sp³-hybridized carbons (Fsp3) is 0.458. The van der Waals surface area contributed by atoms with Crippen molar-refractivity contribution in [3.05, 3.63) is 59.2 Å². The van der Waals surface area contributed by atoms with Crippen molar-refractivity contribution in [1.82, 2.24) is 10.6 Å². The molecule has 168 valence electrons. The highest BCUT2D eigenvalue weighted by Crippen LogP contribution is 2.27. The Morgan fingerprint density at radius 3 is 2.29 bits per heavy atom. The molecule has 0 unspecified atom stereocenters. The van der Waals surface area contributed by atoms with E-state index < -0.39 is 0 Å². The molecule has 0 amide bonds. The Bertz CT molecular complexity index is 850. The summed E-state index contributed by atoms with van der Waals surface area (Å²) in [7, 11) is 5.04. The van der Waals surface area contributed by atoms with Gasteiger partial charge < -0.3 is 29.6 Å². The summed E-state index contributed by atoms with van der Waals surface area (Å²) in [6.07, 6.45) is 2.25. The molecule has 0 radical (unpaired) electrons. The zero-order valence-corrected chi connectivity index (χ0v) is 18.6. The molecule has 0 spiro atoms. The number of methoxy groups -OCH3 is 2. The maximum absolute atomic E-state index is 6.04. The second-order valence-electron chi connectivity index (χ2n) is 7.41. The fourth-order valence-corrected chi connectivity index (χ4v) is 3.47. The Kier molecular flexibility index (Phi) is 8.99. The number of nitrogens with one attached hydrogen (secondary N) is 2. The first-order valence-electron chi connectivity index (χ1n) is 10.6. The van der Waals surface area contributed by atoms with E-state index in [-0.39, 0.29) is 0 Å². The lowest BCUT2D eigenvalue weighted by Gasteiger charge is -2.22. The quantitative estimate of drug-likeness (QED) is 0.473. The molecule has 0 saturated carbocycles. The van der Waals surface area contributed by atoms with Crippen LogP contribution in [-0.2, 0) is 29.2 Å². The topological polar surface area (TPSA) is 73.3 Å². The van der Waals surface area contributed by atoms with Crippen LogP contribution in [0.25, 0.3) is 0 Å². The van der Waals surface area contributed by atoms with E-state index in [0.29, 0.717) is 31.5 Å². The fourth-order valence-electron chi connectivity index (χ4n) is 3.47. The zero-order valence-electron chi connectivity index (χ0n) is 18.6. The molecule has 7 nitrogen and oxygen atoms in total. The molecule has 0 bridgehead atoms. The van der Waals surface area contributed by atoms with Crippen LogP contribution in [0.4, 0.5) is 0 Å². The van der Waals surface area contributed by atoms with Crippen LogP contribution in [0.15, 0.2) is 47.5 Å². The summed E-state index contributed by atoms with van der Waals surface area (Å²) in [5.41, 5.74) is 3.44. The van der Waals surface area contributed by atoms with Crippen LogP contribution in [0.1, 0.15) is 29.5 Å². The van der Waals surface area contributed by atoms with Crippen molar-refractivity contribution in [3.63, 3.8) is 0 Å². The molecule has 2 aromatic carbocycles. The molecular formula is C24H33N3O4. The molecule has 1 fully saturated rings. The second kappa shape index (κ2) is 12.2. The molecule has 31 heavy (non-hydrogen) atoms. The number of benzene rings is 2. The number of hydrogen-bond acceptors (Lipinski definition) is 5. The third-order valence-electron chi connectivity index (χ3n) is 5.24. The molecule has 0 atom stereocenters. The van der Waals surface area contributed by atoms with E-state index in [9.17, 15) is 0 Å². The molecule has 0 aliphatic carbocycles. The van der Waals surface area contributed by atoms with Gasteiger partial charge in [0.2, 0.25) is 0 Å². The van der Waals surface area contributed by atoms with Gasteiger partial charge in [0.15, 0.2) is 17.5 Å². The molecule has 1 aliphatic rings. The summed E-state index contributed by atoms with van der Waals surface area (Å²) in [5, 5.41) is 6.70. The molecule has 0 aromatic heterocycles. The van der Waals surface area contributed by atoms with Crippen molar-refractivity contribution in [2.45, 2.75) is 38.6 Å². The first kappa shape index (κ1) is 22.9. The van der Waals surface area contributed by atoms with E-state index in [1.807, 2.05) is 18.2 Å². The normalized spacial score (nSPS) is 14.9. The minimum absolute atomic E-state index is 0.301. The molecule has 1 heterocycles. The van der Waals surface area contributed by atoms with E-state index in [0.717, 1.165) is 43.3 Å². The summed E-state index contributed by atoms with van der Waals surface area (Å²) < 4.78 is 22.1. The average molecular weight is 428 g/mol.